The monoisotopic (exact) mass is 522 g/mol. The third kappa shape index (κ3) is 4.79. The van der Waals surface area contributed by atoms with Gasteiger partial charge < -0.3 is 24.7 Å². The fourth-order valence-corrected chi connectivity index (χ4v) is 5.24. The van der Waals surface area contributed by atoms with E-state index in [1.165, 1.54) is 11.7 Å². The van der Waals surface area contributed by atoms with Gasteiger partial charge >= 0.3 is 11.9 Å². The van der Waals surface area contributed by atoms with Crippen LogP contribution in [0.5, 0.6) is 11.5 Å². The molecule has 10 heteroatoms. The smallest absolute Gasteiger partial charge is 0.357 e. The molecule has 2 aromatic carbocycles. The Morgan fingerprint density at radius 1 is 0.973 bits per heavy atom. The van der Waals surface area contributed by atoms with Crippen molar-refractivity contribution in [2.75, 3.05) is 33.7 Å². The lowest BCUT2D eigenvalue weighted by Gasteiger charge is -2.23. The lowest BCUT2D eigenvalue weighted by atomic mass is 10.1. The van der Waals surface area contributed by atoms with E-state index < -0.39 is 23.1 Å². The van der Waals surface area contributed by atoms with Gasteiger partial charge in [-0.3, -0.25) is 9.36 Å². The Bertz CT molecular complexity index is 1470. The molecule has 37 heavy (non-hydrogen) atoms. The number of hydrogen-bond donors (Lipinski definition) is 1. The van der Waals surface area contributed by atoms with Crippen molar-refractivity contribution in [3.8, 4) is 11.5 Å². The number of ether oxygens (including phenoxy) is 4. The summed E-state index contributed by atoms with van der Waals surface area (Å²) in [7, 11) is 4.31. The van der Waals surface area contributed by atoms with Crippen LogP contribution in [0.4, 0.5) is 5.69 Å². The number of benzene rings is 2. The number of carbonyl (C=O) groups is 3. The van der Waals surface area contributed by atoms with Crippen LogP contribution in [0, 0.1) is 0 Å². The quantitative estimate of drug-likeness (QED) is 0.467. The number of nitrogens with two attached hydrogens (primary N) is 1. The summed E-state index contributed by atoms with van der Waals surface area (Å²) in [5.74, 6) is -0.599. The summed E-state index contributed by atoms with van der Waals surface area (Å²) in [6.45, 7) is 1.82. The zero-order chi connectivity index (χ0) is 26.7. The second-order valence-electron chi connectivity index (χ2n) is 7.93. The molecule has 4 rings (SSSR count). The number of nitrogen functional groups attached to an aromatic ring is 1. The van der Waals surface area contributed by atoms with Crippen molar-refractivity contribution in [1.82, 2.24) is 4.57 Å². The molecule has 1 atom stereocenters. The van der Waals surface area contributed by atoms with Crippen LogP contribution in [0.2, 0.25) is 0 Å². The summed E-state index contributed by atoms with van der Waals surface area (Å²) in [6.07, 6.45) is 1.70. The minimum Gasteiger partial charge on any atom is -0.497 e. The molecule has 0 saturated heterocycles. The van der Waals surface area contributed by atoms with Gasteiger partial charge in [0.25, 0.3) is 0 Å². The fourth-order valence-electron chi connectivity index (χ4n) is 4.03. The highest BCUT2D eigenvalue weighted by Gasteiger charge is 2.38. The predicted molar refractivity (Wildman–Crippen MR) is 140 cm³/mol. The summed E-state index contributed by atoms with van der Waals surface area (Å²) < 4.78 is 21.9. The first-order valence-corrected chi connectivity index (χ1v) is 12.2. The number of carbonyl (C=O) groups excluding carboxylic acids is 3. The topological polar surface area (TPSA) is 119 Å². The number of fused-ring (bicyclic) bond motifs is 1. The number of nitrogens with zero attached hydrogens (tertiary/aromatic N) is 1. The van der Waals surface area contributed by atoms with Crippen molar-refractivity contribution in [2.45, 2.75) is 12.2 Å². The number of esters is 2. The van der Waals surface area contributed by atoms with Crippen LogP contribution in [-0.2, 0) is 14.3 Å². The summed E-state index contributed by atoms with van der Waals surface area (Å²) in [6, 6.07) is 14.0. The maximum absolute atomic E-state index is 13.9. The van der Waals surface area contributed by atoms with Crippen LogP contribution in [0.15, 0.2) is 48.5 Å². The molecule has 0 unspecified atom stereocenters. The molecule has 1 aliphatic heterocycles. The van der Waals surface area contributed by atoms with Crippen molar-refractivity contribution >= 4 is 46.3 Å². The van der Waals surface area contributed by atoms with Crippen LogP contribution < -0.4 is 25.8 Å². The van der Waals surface area contributed by atoms with Gasteiger partial charge in [0.2, 0.25) is 5.91 Å². The molecule has 192 valence electrons. The van der Waals surface area contributed by atoms with Crippen LogP contribution in [0.3, 0.4) is 0 Å². The van der Waals surface area contributed by atoms with Crippen molar-refractivity contribution < 1.29 is 33.3 Å². The van der Waals surface area contributed by atoms with Crippen molar-refractivity contribution in [3.63, 3.8) is 0 Å². The SMILES string of the molecule is CCOC(=O)C1=c2/c(=C/c3ccc(OC)cc3)c(N)c(C(=O)OC)n2C(=O)[C@H](c2ccc(OC)cc2)S1. The van der Waals surface area contributed by atoms with E-state index >= 15 is 0 Å². The molecular weight excluding hydrogens is 496 g/mol. The van der Waals surface area contributed by atoms with E-state index in [-0.39, 0.29) is 28.2 Å². The minimum atomic E-state index is -0.846. The van der Waals surface area contributed by atoms with Gasteiger partial charge in [-0.15, -0.1) is 0 Å². The third-order valence-electron chi connectivity index (χ3n) is 5.83. The second-order valence-corrected chi connectivity index (χ2v) is 9.04. The Hall–Kier alpha value is -4.18. The highest BCUT2D eigenvalue weighted by atomic mass is 32.2. The number of hydrogen-bond acceptors (Lipinski definition) is 9. The molecule has 0 radical (unpaired) electrons. The molecule has 1 aromatic heterocycles. The molecule has 0 fully saturated rings. The third-order valence-corrected chi connectivity index (χ3v) is 7.13. The molecule has 0 aliphatic carbocycles. The molecule has 2 heterocycles. The Balaban J connectivity index is 2.04. The highest BCUT2D eigenvalue weighted by Crippen LogP contribution is 2.40. The largest absolute Gasteiger partial charge is 0.497 e. The first-order valence-electron chi connectivity index (χ1n) is 11.3. The average molecular weight is 523 g/mol. The fraction of sp³-hybridized carbons (Fsp3) is 0.222. The van der Waals surface area contributed by atoms with E-state index in [9.17, 15) is 14.4 Å². The molecule has 0 bridgehead atoms. The van der Waals surface area contributed by atoms with E-state index in [0.29, 0.717) is 22.3 Å². The Morgan fingerprint density at radius 3 is 2.11 bits per heavy atom. The molecule has 9 nitrogen and oxygen atoms in total. The van der Waals surface area contributed by atoms with E-state index in [4.69, 9.17) is 24.7 Å². The number of thioether (sulfide) groups is 1. The van der Waals surface area contributed by atoms with Gasteiger partial charge in [-0.05, 0) is 48.4 Å². The van der Waals surface area contributed by atoms with E-state index in [1.54, 1.807) is 75.8 Å². The van der Waals surface area contributed by atoms with Crippen molar-refractivity contribution in [3.05, 3.63) is 75.9 Å². The lowest BCUT2D eigenvalue weighted by Crippen LogP contribution is -2.42. The van der Waals surface area contributed by atoms with Gasteiger partial charge in [-0.2, -0.15) is 0 Å². The molecule has 3 aromatic rings. The predicted octanol–water partition coefficient (Wildman–Crippen LogP) is 2.50. The lowest BCUT2D eigenvalue weighted by molar-refractivity contribution is -0.135. The van der Waals surface area contributed by atoms with Gasteiger partial charge in [-0.1, -0.05) is 36.0 Å². The number of aromatic nitrogens is 1. The first kappa shape index (κ1) is 25.9. The van der Waals surface area contributed by atoms with Crippen LogP contribution in [0.1, 0.15) is 38.6 Å². The van der Waals surface area contributed by atoms with Crippen LogP contribution in [-0.4, -0.2) is 50.3 Å². The van der Waals surface area contributed by atoms with E-state index in [0.717, 1.165) is 17.3 Å². The summed E-state index contributed by atoms with van der Waals surface area (Å²) in [4.78, 5) is 40.1. The molecule has 2 N–H and O–H groups in total. The van der Waals surface area contributed by atoms with Crippen molar-refractivity contribution in [1.29, 1.82) is 0 Å². The summed E-state index contributed by atoms with van der Waals surface area (Å²) >= 11 is 1.05. The Morgan fingerprint density at radius 2 is 1.57 bits per heavy atom. The Kier molecular flexibility index (Phi) is 7.58. The first-order chi connectivity index (χ1) is 17.8. The van der Waals surface area contributed by atoms with Gasteiger partial charge in [0, 0.05) is 5.22 Å². The second kappa shape index (κ2) is 10.8. The number of rotatable bonds is 7. The molecule has 0 saturated carbocycles. The van der Waals surface area contributed by atoms with Crippen LogP contribution >= 0.6 is 11.8 Å². The maximum atomic E-state index is 13.9. The highest BCUT2D eigenvalue weighted by molar-refractivity contribution is 8.10. The van der Waals surface area contributed by atoms with Gasteiger partial charge in [-0.25, -0.2) is 9.59 Å². The van der Waals surface area contributed by atoms with E-state index in [1.807, 2.05) is 0 Å². The van der Waals surface area contributed by atoms with Crippen molar-refractivity contribution in [2.24, 2.45) is 0 Å². The number of anilines is 1. The van der Waals surface area contributed by atoms with Crippen LogP contribution in [0.25, 0.3) is 11.0 Å². The minimum absolute atomic E-state index is 0.0174. The Labute approximate surface area is 217 Å². The summed E-state index contributed by atoms with van der Waals surface area (Å²) in [5, 5.41) is -0.323. The standard InChI is InChI=1S/C27H26N2O7S/c1-5-36-27(32)24-21-19(14-15-6-10-17(33-2)11-7-15)20(28)22(26(31)35-4)29(21)25(30)23(37-24)16-8-12-18(34-3)13-9-16/h6-14,23H,5,28H2,1-4H3/b19-14+/t23-/m0/s1. The normalized spacial score (nSPS) is 15.2. The van der Waals surface area contributed by atoms with Gasteiger partial charge in [0.05, 0.1) is 39.0 Å². The van der Waals surface area contributed by atoms with E-state index in [2.05, 4.69) is 0 Å². The zero-order valence-electron chi connectivity index (χ0n) is 20.8. The molecule has 0 amide bonds. The maximum Gasteiger partial charge on any atom is 0.357 e. The molecule has 0 spiro atoms. The average Bonchev–Trinajstić information content (AvgIpc) is 3.21. The summed E-state index contributed by atoms with van der Waals surface area (Å²) in [5.41, 5.74) is 7.67. The zero-order valence-corrected chi connectivity index (χ0v) is 21.6. The number of methoxy groups -OCH3 is 3. The van der Waals surface area contributed by atoms with Gasteiger partial charge in [0.15, 0.2) is 5.69 Å². The molecule has 1 aliphatic rings. The molecular formula is C27H26N2O7S. The van der Waals surface area contributed by atoms with Gasteiger partial charge in [0.1, 0.15) is 21.7 Å².